The van der Waals surface area contributed by atoms with Gasteiger partial charge in [0, 0.05) is 13.0 Å². The van der Waals surface area contributed by atoms with E-state index in [4.69, 9.17) is 9.52 Å². The Hall–Kier alpha value is -1.78. The first-order valence-corrected chi connectivity index (χ1v) is 6.64. The minimum Gasteiger partial charge on any atom is -0.481 e. The van der Waals surface area contributed by atoms with E-state index in [1.54, 1.807) is 13.0 Å². The van der Waals surface area contributed by atoms with Crippen molar-refractivity contribution in [3.8, 4) is 0 Å². The van der Waals surface area contributed by atoms with Gasteiger partial charge in [0.05, 0.1) is 5.56 Å². The van der Waals surface area contributed by atoms with Crippen LogP contribution in [0, 0.1) is 6.92 Å². The molecule has 0 spiro atoms. The number of rotatable bonds is 9. The molecule has 1 aromatic heterocycles. The second-order valence-electron chi connectivity index (χ2n) is 4.61. The molecule has 0 aliphatic carbocycles. The Morgan fingerprint density at radius 1 is 1.21 bits per heavy atom. The lowest BCUT2D eigenvalue weighted by atomic mass is 10.1. The summed E-state index contributed by atoms with van der Waals surface area (Å²) in [5, 5.41) is 11.3. The average Bonchev–Trinajstić information content (AvgIpc) is 2.78. The SMILES string of the molecule is Cc1cc(C(=O)NCCCCCCCC(=O)O)co1. The number of aliphatic carboxylic acids is 1. The van der Waals surface area contributed by atoms with Crippen molar-refractivity contribution in [2.24, 2.45) is 0 Å². The molecular formula is C14H21NO4. The maximum atomic E-state index is 11.6. The van der Waals surface area contributed by atoms with Gasteiger partial charge in [-0.05, 0) is 25.8 Å². The first-order valence-electron chi connectivity index (χ1n) is 6.64. The number of amides is 1. The summed E-state index contributed by atoms with van der Waals surface area (Å²) in [6, 6.07) is 1.71. The Labute approximate surface area is 113 Å². The number of carbonyl (C=O) groups excluding carboxylic acids is 1. The molecule has 0 unspecified atom stereocenters. The molecule has 1 rings (SSSR count). The lowest BCUT2D eigenvalue weighted by Gasteiger charge is -2.03. The Balaban J connectivity index is 1.99. The van der Waals surface area contributed by atoms with Crippen LogP contribution in [0.4, 0.5) is 0 Å². The Morgan fingerprint density at radius 2 is 1.89 bits per heavy atom. The third-order valence-corrected chi connectivity index (χ3v) is 2.85. The van der Waals surface area contributed by atoms with E-state index in [2.05, 4.69) is 5.32 Å². The number of carboxylic acid groups (broad SMARTS) is 1. The molecule has 5 heteroatoms. The number of aryl methyl sites for hydroxylation is 1. The van der Waals surface area contributed by atoms with Crippen LogP contribution in [0.25, 0.3) is 0 Å². The lowest BCUT2D eigenvalue weighted by Crippen LogP contribution is -2.23. The second kappa shape index (κ2) is 8.34. The monoisotopic (exact) mass is 267 g/mol. The van der Waals surface area contributed by atoms with Crippen molar-refractivity contribution in [3.05, 3.63) is 23.7 Å². The number of carboxylic acids is 1. The van der Waals surface area contributed by atoms with Crippen molar-refractivity contribution in [2.75, 3.05) is 6.54 Å². The fraction of sp³-hybridized carbons (Fsp3) is 0.571. The first-order chi connectivity index (χ1) is 9.09. The number of unbranched alkanes of at least 4 members (excludes halogenated alkanes) is 4. The standard InChI is InChI=1S/C14H21NO4/c1-11-9-12(10-19-11)14(18)15-8-6-4-2-3-5-7-13(16)17/h9-10H,2-8H2,1H3,(H,15,18)(H,16,17). The van der Waals surface area contributed by atoms with E-state index in [9.17, 15) is 9.59 Å². The highest BCUT2D eigenvalue weighted by atomic mass is 16.4. The summed E-state index contributed by atoms with van der Waals surface area (Å²) in [7, 11) is 0. The zero-order chi connectivity index (χ0) is 14.1. The van der Waals surface area contributed by atoms with Crippen LogP contribution in [-0.2, 0) is 4.79 Å². The molecule has 2 N–H and O–H groups in total. The highest BCUT2D eigenvalue weighted by Gasteiger charge is 2.07. The Kier molecular flexibility index (Phi) is 6.71. The molecule has 5 nitrogen and oxygen atoms in total. The molecule has 0 bridgehead atoms. The van der Waals surface area contributed by atoms with E-state index in [-0.39, 0.29) is 12.3 Å². The van der Waals surface area contributed by atoms with Gasteiger partial charge in [0.2, 0.25) is 0 Å². The molecule has 106 valence electrons. The van der Waals surface area contributed by atoms with Crippen molar-refractivity contribution >= 4 is 11.9 Å². The number of hydrogen-bond donors (Lipinski definition) is 2. The highest BCUT2D eigenvalue weighted by Crippen LogP contribution is 2.07. The molecule has 0 fully saturated rings. The van der Waals surface area contributed by atoms with Gasteiger partial charge in [-0.15, -0.1) is 0 Å². The molecule has 1 aromatic rings. The summed E-state index contributed by atoms with van der Waals surface area (Å²) in [5.74, 6) is -0.117. The van der Waals surface area contributed by atoms with E-state index in [0.29, 0.717) is 12.1 Å². The largest absolute Gasteiger partial charge is 0.481 e. The zero-order valence-corrected chi connectivity index (χ0v) is 11.3. The molecule has 0 radical (unpaired) electrons. The molecule has 1 amide bonds. The fourth-order valence-electron chi connectivity index (χ4n) is 1.80. The van der Waals surface area contributed by atoms with Crippen LogP contribution in [0.2, 0.25) is 0 Å². The molecule has 0 aliphatic rings. The molecule has 0 aliphatic heterocycles. The Morgan fingerprint density at radius 3 is 2.53 bits per heavy atom. The van der Waals surface area contributed by atoms with Crippen molar-refractivity contribution in [1.29, 1.82) is 0 Å². The minimum atomic E-state index is -0.734. The molecule has 0 saturated heterocycles. The van der Waals surface area contributed by atoms with Gasteiger partial charge in [-0.25, -0.2) is 0 Å². The highest BCUT2D eigenvalue weighted by molar-refractivity contribution is 5.93. The van der Waals surface area contributed by atoms with Gasteiger partial charge in [0.25, 0.3) is 5.91 Å². The van der Waals surface area contributed by atoms with Crippen LogP contribution >= 0.6 is 0 Å². The molecule has 0 atom stereocenters. The van der Waals surface area contributed by atoms with Gasteiger partial charge in [-0.3, -0.25) is 9.59 Å². The summed E-state index contributed by atoms with van der Waals surface area (Å²) in [6.45, 7) is 2.44. The van der Waals surface area contributed by atoms with E-state index in [0.717, 1.165) is 37.9 Å². The van der Waals surface area contributed by atoms with Crippen LogP contribution < -0.4 is 5.32 Å². The normalized spacial score (nSPS) is 10.4. The lowest BCUT2D eigenvalue weighted by molar-refractivity contribution is -0.137. The summed E-state index contributed by atoms with van der Waals surface area (Å²) in [6.07, 6.45) is 6.29. The predicted octanol–water partition coefficient (Wildman–Crippen LogP) is 2.74. The second-order valence-corrected chi connectivity index (χ2v) is 4.61. The van der Waals surface area contributed by atoms with Crippen LogP contribution in [0.3, 0.4) is 0 Å². The predicted molar refractivity (Wildman–Crippen MR) is 71.1 cm³/mol. The van der Waals surface area contributed by atoms with Gasteiger partial charge in [0.1, 0.15) is 12.0 Å². The summed E-state index contributed by atoms with van der Waals surface area (Å²) in [4.78, 5) is 21.9. The van der Waals surface area contributed by atoms with Gasteiger partial charge in [-0.2, -0.15) is 0 Å². The molecule has 1 heterocycles. The average molecular weight is 267 g/mol. The van der Waals surface area contributed by atoms with Crippen molar-refractivity contribution < 1.29 is 19.1 Å². The van der Waals surface area contributed by atoms with Gasteiger partial charge in [-0.1, -0.05) is 19.3 Å². The molecular weight excluding hydrogens is 246 g/mol. The van der Waals surface area contributed by atoms with E-state index in [1.807, 2.05) is 0 Å². The quantitative estimate of drug-likeness (QED) is 0.674. The molecule has 0 aromatic carbocycles. The fourth-order valence-corrected chi connectivity index (χ4v) is 1.80. The van der Waals surface area contributed by atoms with Crippen LogP contribution in [-0.4, -0.2) is 23.5 Å². The summed E-state index contributed by atoms with van der Waals surface area (Å²) < 4.78 is 5.07. The van der Waals surface area contributed by atoms with Crippen LogP contribution in [0.1, 0.15) is 54.6 Å². The summed E-state index contributed by atoms with van der Waals surface area (Å²) in [5.41, 5.74) is 0.555. The van der Waals surface area contributed by atoms with Gasteiger partial charge < -0.3 is 14.8 Å². The van der Waals surface area contributed by atoms with E-state index >= 15 is 0 Å². The molecule has 0 saturated carbocycles. The van der Waals surface area contributed by atoms with Gasteiger partial charge >= 0.3 is 5.97 Å². The minimum absolute atomic E-state index is 0.109. The first kappa shape index (κ1) is 15.3. The number of carbonyl (C=O) groups is 2. The van der Waals surface area contributed by atoms with Crippen LogP contribution in [0.5, 0.6) is 0 Å². The maximum absolute atomic E-state index is 11.6. The third kappa shape index (κ3) is 6.64. The zero-order valence-electron chi connectivity index (χ0n) is 11.3. The van der Waals surface area contributed by atoms with Crippen molar-refractivity contribution in [1.82, 2.24) is 5.32 Å². The van der Waals surface area contributed by atoms with Crippen molar-refractivity contribution in [3.63, 3.8) is 0 Å². The third-order valence-electron chi connectivity index (χ3n) is 2.85. The smallest absolute Gasteiger partial charge is 0.303 e. The van der Waals surface area contributed by atoms with Crippen LogP contribution in [0.15, 0.2) is 16.7 Å². The maximum Gasteiger partial charge on any atom is 0.303 e. The number of hydrogen-bond acceptors (Lipinski definition) is 3. The van der Waals surface area contributed by atoms with E-state index in [1.165, 1.54) is 6.26 Å². The summed E-state index contributed by atoms with van der Waals surface area (Å²) >= 11 is 0. The van der Waals surface area contributed by atoms with E-state index < -0.39 is 5.97 Å². The number of nitrogens with one attached hydrogen (secondary N) is 1. The topological polar surface area (TPSA) is 79.5 Å². The number of furan rings is 1. The van der Waals surface area contributed by atoms with Gasteiger partial charge in [0.15, 0.2) is 0 Å². The molecule has 19 heavy (non-hydrogen) atoms. The van der Waals surface area contributed by atoms with Crippen molar-refractivity contribution in [2.45, 2.75) is 45.4 Å². The Bertz CT molecular complexity index is 411.